The SMILES string of the molecule is CC(C)C(C)N(C(=O)CCc1ccccc1C(=O)O)C1CC1. The molecular weight excluding hydrogens is 278 g/mol. The van der Waals surface area contributed by atoms with Crippen LogP contribution in [0.1, 0.15) is 56.0 Å². The number of aromatic carboxylic acids is 1. The van der Waals surface area contributed by atoms with Crippen LogP contribution >= 0.6 is 0 Å². The van der Waals surface area contributed by atoms with Crippen LogP contribution in [-0.2, 0) is 11.2 Å². The summed E-state index contributed by atoms with van der Waals surface area (Å²) in [6, 6.07) is 7.55. The largest absolute Gasteiger partial charge is 0.478 e. The van der Waals surface area contributed by atoms with E-state index in [2.05, 4.69) is 20.8 Å². The van der Waals surface area contributed by atoms with Crippen LogP contribution in [-0.4, -0.2) is 34.0 Å². The fourth-order valence-corrected chi connectivity index (χ4v) is 2.75. The first kappa shape index (κ1) is 16.5. The molecule has 0 aliphatic heterocycles. The number of rotatable bonds is 7. The van der Waals surface area contributed by atoms with Crippen molar-refractivity contribution in [2.24, 2.45) is 5.92 Å². The standard InChI is InChI=1S/C18H25NO3/c1-12(2)13(3)19(15-9-10-15)17(20)11-8-14-6-4-5-7-16(14)18(21)22/h4-7,12-13,15H,8-11H2,1-3H3,(H,21,22). The van der Waals surface area contributed by atoms with Gasteiger partial charge in [-0.1, -0.05) is 32.0 Å². The van der Waals surface area contributed by atoms with Gasteiger partial charge in [0.2, 0.25) is 5.91 Å². The molecule has 1 aliphatic rings. The van der Waals surface area contributed by atoms with Gasteiger partial charge in [0, 0.05) is 18.5 Å². The van der Waals surface area contributed by atoms with E-state index in [1.807, 2.05) is 11.0 Å². The summed E-state index contributed by atoms with van der Waals surface area (Å²) in [5.41, 5.74) is 1.03. The lowest BCUT2D eigenvalue weighted by atomic mass is 10.0. The zero-order valence-corrected chi connectivity index (χ0v) is 13.6. The Kier molecular flexibility index (Phi) is 5.22. The highest BCUT2D eigenvalue weighted by molar-refractivity contribution is 5.89. The van der Waals surface area contributed by atoms with Gasteiger partial charge in [-0.2, -0.15) is 0 Å². The number of carboxylic acids is 1. The van der Waals surface area contributed by atoms with E-state index in [4.69, 9.17) is 0 Å². The second-order valence-electron chi connectivity index (χ2n) is 6.48. The monoisotopic (exact) mass is 303 g/mol. The Morgan fingerprint density at radius 1 is 1.23 bits per heavy atom. The molecule has 22 heavy (non-hydrogen) atoms. The van der Waals surface area contributed by atoms with Gasteiger partial charge in [0.25, 0.3) is 0 Å². The number of carboxylic acid groups (broad SMARTS) is 1. The molecule has 1 saturated carbocycles. The zero-order chi connectivity index (χ0) is 16.3. The minimum atomic E-state index is -0.933. The summed E-state index contributed by atoms with van der Waals surface area (Å²) in [6.07, 6.45) is 3.04. The van der Waals surface area contributed by atoms with Gasteiger partial charge in [-0.05, 0) is 43.7 Å². The van der Waals surface area contributed by atoms with E-state index in [1.165, 1.54) is 0 Å². The van der Waals surface area contributed by atoms with Crippen LogP contribution in [0.5, 0.6) is 0 Å². The van der Waals surface area contributed by atoms with Crippen LogP contribution in [0.25, 0.3) is 0 Å². The maximum Gasteiger partial charge on any atom is 0.335 e. The molecule has 0 aromatic heterocycles. The van der Waals surface area contributed by atoms with Crippen LogP contribution in [0, 0.1) is 5.92 Å². The third kappa shape index (κ3) is 3.87. The molecule has 2 rings (SSSR count). The molecule has 1 amide bonds. The zero-order valence-electron chi connectivity index (χ0n) is 13.6. The van der Waals surface area contributed by atoms with Gasteiger partial charge in [0.1, 0.15) is 0 Å². The van der Waals surface area contributed by atoms with Crippen molar-refractivity contribution < 1.29 is 14.7 Å². The lowest BCUT2D eigenvalue weighted by Crippen LogP contribution is -2.43. The molecule has 0 heterocycles. The van der Waals surface area contributed by atoms with Gasteiger partial charge in [-0.25, -0.2) is 4.79 Å². The molecule has 1 fully saturated rings. The molecule has 1 aliphatic carbocycles. The maximum atomic E-state index is 12.6. The van der Waals surface area contributed by atoms with Crippen molar-refractivity contribution >= 4 is 11.9 Å². The van der Waals surface area contributed by atoms with E-state index < -0.39 is 5.97 Å². The van der Waals surface area contributed by atoms with Crippen molar-refractivity contribution in [3.05, 3.63) is 35.4 Å². The van der Waals surface area contributed by atoms with E-state index in [1.54, 1.807) is 18.2 Å². The number of carbonyl (C=O) groups is 2. The number of carbonyl (C=O) groups excluding carboxylic acids is 1. The first-order valence-corrected chi connectivity index (χ1v) is 8.04. The highest BCUT2D eigenvalue weighted by Crippen LogP contribution is 2.31. The Morgan fingerprint density at radius 3 is 2.41 bits per heavy atom. The topological polar surface area (TPSA) is 57.6 Å². The smallest absolute Gasteiger partial charge is 0.335 e. The highest BCUT2D eigenvalue weighted by Gasteiger charge is 2.36. The Balaban J connectivity index is 2.04. The molecule has 4 nitrogen and oxygen atoms in total. The minimum absolute atomic E-state index is 0.142. The Morgan fingerprint density at radius 2 is 1.86 bits per heavy atom. The van der Waals surface area contributed by atoms with Crippen molar-refractivity contribution in [2.75, 3.05) is 0 Å². The third-order valence-corrected chi connectivity index (χ3v) is 4.49. The van der Waals surface area contributed by atoms with Crippen molar-refractivity contribution in [1.29, 1.82) is 0 Å². The van der Waals surface area contributed by atoms with Crippen LogP contribution in [0.2, 0.25) is 0 Å². The molecule has 1 N–H and O–H groups in total. The fraction of sp³-hybridized carbons (Fsp3) is 0.556. The van der Waals surface area contributed by atoms with Crippen molar-refractivity contribution in [3.63, 3.8) is 0 Å². The van der Waals surface area contributed by atoms with E-state index in [-0.39, 0.29) is 11.9 Å². The molecule has 0 saturated heterocycles. The normalized spacial score (nSPS) is 15.6. The first-order valence-electron chi connectivity index (χ1n) is 8.04. The summed E-state index contributed by atoms with van der Waals surface area (Å²) in [5.74, 6) is -0.364. The van der Waals surface area contributed by atoms with Gasteiger partial charge >= 0.3 is 5.97 Å². The highest BCUT2D eigenvalue weighted by atomic mass is 16.4. The van der Waals surface area contributed by atoms with E-state index >= 15 is 0 Å². The van der Waals surface area contributed by atoms with E-state index in [0.717, 1.165) is 18.4 Å². The second kappa shape index (κ2) is 6.95. The van der Waals surface area contributed by atoms with Crippen LogP contribution in [0.3, 0.4) is 0 Å². The first-order chi connectivity index (χ1) is 10.4. The predicted octanol–water partition coefficient (Wildman–Crippen LogP) is 3.35. The molecule has 1 aromatic rings. The number of amides is 1. The van der Waals surface area contributed by atoms with E-state index in [9.17, 15) is 14.7 Å². The number of aryl methyl sites for hydroxylation is 1. The molecular formula is C18H25NO3. The van der Waals surface area contributed by atoms with E-state index in [0.29, 0.717) is 30.4 Å². The number of benzene rings is 1. The summed E-state index contributed by atoms with van der Waals surface area (Å²) >= 11 is 0. The van der Waals surface area contributed by atoms with Crippen LogP contribution in [0.4, 0.5) is 0 Å². The Bertz CT molecular complexity index is 549. The quantitative estimate of drug-likeness (QED) is 0.840. The lowest BCUT2D eigenvalue weighted by Gasteiger charge is -2.32. The fourth-order valence-electron chi connectivity index (χ4n) is 2.75. The number of hydrogen-bond acceptors (Lipinski definition) is 2. The second-order valence-corrected chi connectivity index (χ2v) is 6.48. The molecule has 1 aromatic carbocycles. The number of hydrogen-bond donors (Lipinski definition) is 1. The Labute approximate surface area is 132 Å². The van der Waals surface area contributed by atoms with Crippen molar-refractivity contribution in [1.82, 2.24) is 4.90 Å². The van der Waals surface area contributed by atoms with Crippen molar-refractivity contribution in [2.45, 2.75) is 58.5 Å². The summed E-state index contributed by atoms with van der Waals surface area (Å²) < 4.78 is 0. The van der Waals surface area contributed by atoms with Gasteiger partial charge in [-0.15, -0.1) is 0 Å². The van der Waals surface area contributed by atoms with Crippen LogP contribution in [0.15, 0.2) is 24.3 Å². The predicted molar refractivity (Wildman–Crippen MR) is 85.9 cm³/mol. The summed E-state index contributed by atoms with van der Waals surface area (Å²) in [6.45, 7) is 6.37. The van der Waals surface area contributed by atoms with Gasteiger partial charge in [0.05, 0.1) is 5.56 Å². The molecule has 0 radical (unpaired) electrons. The molecule has 1 unspecified atom stereocenters. The molecule has 120 valence electrons. The summed E-state index contributed by atoms with van der Waals surface area (Å²) in [4.78, 5) is 25.8. The third-order valence-electron chi connectivity index (χ3n) is 4.49. The van der Waals surface area contributed by atoms with Crippen molar-refractivity contribution in [3.8, 4) is 0 Å². The average Bonchev–Trinajstić information content (AvgIpc) is 3.30. The van der Waals surface area contributed by atoms with Gasteiger partial charge < -0.3 is 10.0 Å². The Hall–Kier alpha value is -1.84. The molecule has 1 atom stereocenters. The minimum Gasteiger partial charge on any atom is -0.478 e. The number of nitrogens with zero attached hydrogens (tertiary/aromatic N) is 1. The van der Waals surface area contributed by atoms with Gasteiger partial charge in [0.15, 0.2) is 0 Å². The lowest BCUT2D eigenvalue weighted by molar-refractivity contribution is -0.134. The molecule has 4 heteroatoms. The average molecular weight is 303 g/mol. The summed E-state index contributed by atoms with van der Waals surface area (Å²) in [5, 5.41) is 9.20. The molecule has 0 spiro atoms. The summed E-state index contributed by atoms with van der Waals surface area (Å²) in [7, 11) is 0. The van der Waals surface area contributed by atoms with Gasteiger partial charge in [-0.3, -0.25) is 4.79 Å². The molecule has 0 bridgehead atoms. The maximum absolute atomic E-state index is 12.6. The van der Waals surface area contributed by atoms with Crippen LogP contribution < -0.4 is 0 Å².